The number of allylic oxidation sites excluding steroid dienone is 2. The second-order valence-electron chi connectivity index (χ2n) is 7.28. The van der Waals surface area contributed by atoms with E-state index in [0.717, 1.165) is 17.6 Å². The summed E-state index contributed by atoms with van der Waals surface area (Å²) in [4.78, 5) is 31.9. The average molecular weight is 413 g/mol. The van der Waals surface area contributed by atoms with E-state index < -0.39 is 0 Å². The van der Waals surface area contributed by atoms with Crippen LogP contribution in [-0.4, -0.2) is 38.4 Å². The molecule has 3 rings (SSSR count). The molecular formula is C22H25ClN4O2. The van der Waals surface area contributed by atoms with E-state index in [9.17, 15) is 9.59 Å². The van der Waals surface area contributed by atoms with Crippen LogP contribution < -0.4 is 5.56 Å². The highest BCUT2D eigenvalue weighted by atomic mass is 35.5. The van der Waals surface area contributed by atoms with Crippen LogP contribution in [0.3, 0.4) is 0 Å². The molecule has 0 atom stereocenters. The lowest BCUT2D eigenvalue weighted by atomic mass is 10.1. The zero-order valence-corrected chi connectivity index (χ0v) is 17.9. The molecule has 0 spiro atoms. The summed E-state index contributed by atoms with van der Waals surface area (Å²) in [5.74, 6) is -0.204. The van der Waals surface area contributed by atoms with Crippen LogP contribution >= 0.6 is 11.6 Å². The van der Waals surface area contributed by atoms with Gasteiger partial charge in [-0.1, -0.05) is 48.4 Å². The number of hydrogen-bond donors (Lipinski definition) is 0. The summed E-state index contributed by atoms with van der Waals surface area (Å²) in [6, 6.07) is 7.39. The molecule has 0 bridgehead atoms. The molecule has 1 aromatic carbocycles. The van der Waals surface area contributed by atoms with Crippen LogP contribution in [-0.2, 0) is 6.54 Å². The van der Waals surface area contributed by atoms with E-state index in [0.29, 0.717) is 23.8 Å². The molecule has 0 saturated carbocycles. The molecule has 0 N–H and O–H groups in total. The summed E-state index contributed by atoms with van der Waals surface area (Å²) in [7, 11) is 1.73. The van der Waals surface area contributed by atoms with Gasteiger partial charge in [0.05, 0.1) is 5.69 Å². The molecule has 7 heteroatoms. The van der Waals surface area contributed by atoms with Gasteiger partial charge >= 0.3 is 0 Å². The van der Waals surface area contributed by atoms with Crippen molar-refractivity contribution < 1.29 is 4.79 Å². The van der Waals surface area contributed by atoms with E-state index in [1.54, 1.807) is 39.4 Å². The number of rotatable bonds is 6. The Labute approximate surface area is 175 Å². The number of fused-ring (bicyclic) bond motifs is 1. The van der Waals surface area contributed by atoms with Gasteiger partial charge in [0.25, 0.3) is 11.5 Å². The maximum atomic E-state index is 13.3. The summed E-state index contributed by atoms with van der Waals surface area (Å²) < 4.78 is 3.26. The molecule has 2 aromatic heterocycles. The number of aromatic nitrogens is 3. The molecule has 29 heavy (non-hydrogen) atoms. The Balaban J connectivity index is 2.22. The Hall–Kier alpha value is -2.86. The van der Waals surface area contributed by atoms with Gasteiger partial charge in [0.2, 0.25) is 5.65 Å². The van der Waals surface area contributed by atoms with Crippen LogP contribution in [0, 0.1) is 0 Å². The fourth-order valence-electron chi connectivity index (χ4n) is 3.16. The standard InChI is InChI=1S/C22H25ClN4O2/c1-5-11-25(4)21(28)18-13-26-14-19(16-8-6-7-9-17(16)23)27(12-10-15(2)3)22(29)20(26)24-18/h6-10,13-14H,5,11-12H2,1-4H3. The van der Waals surface area contributed by atoms with Gasteiger partial charge < -0.3 is 4.90 Å². The van der Waals surface area contributed by atoms with Crippen molar-refractivity contribution in [2.75, 3.05) is 13.6 Å². The van der Waals surface area contributed by atoms with E-state index in [1.807, 2.05) is 45.0 Å². The predicted octanol–water partition coefficient (Wildman–Crippen LogP) is 4.26. The molecule has 0 fully saturated rings. The fraction of sp³-hybridized carbons (Fsp3) is 0.318. The van der Waals surface area contributed by atoms with Crippen molar-refractivity contribution in [1.29, 1.82) is 0 Å². The molecule has 0 saturated heterocycles. The predicted molar refractivity (Wildman–Crippen MR) is 117 cm³/mol. The van der Waals surface area contributed by atoms with E-state index >= 15 is 0 Å². The van der Waals surface area contributed by atoms with Crippen LogP contribution in [0.4, 0.5) is 0 Å². The number of imidazole rings is 1. The van der Waals surface area contributed by atoms with E-state index in [1.165, 1.54) is 0 Å². The van der Waals surface area contributed by atoms with Gasteiger partial charge in [0.15, 0.2) is 0 Å². The van der Waals surface area contributed by atoms with Crippen LogP contribution in [0.25, 0.3) is 16.9 Å². The zero-order chi connectivity index (χ0) is 21.1. The fourth-order valence-corrected chi connectivity index (χ4v) is 3.39. The Morgan fingerprint density at radius 2 is 1.97 bits per heavy atom. The van der Waals surface area contributed by atoms with Crippen LogP contribution in [0.15, 0.2) is 53.1 Å². The molecule has 0 aliphatic carbocycles. The van der Waals surface area contributed by atoms with Crippen LogP contribution in [0.1, 0.15) is 37.7 Å². The number of nitrogens with zero attached hydrogens (tertiary/aromatic N) is 4. The highest BCUT2D eigenvalue weighted by Crippen LogP contribution is 2.27. The lowest BCUT2D eigenvalue weighted by Crippen LogP contribution is -2.27. The smallest absolute Gasteiger partial charge is 0.295 e. The first-order chi connectivity index (χ1) is 13.8. The zero-order valence-electron chi connectivity index (χ0n) is 17.1. The third-order valence-electron chi connectivity index (χ3n) is 4.68. The van der Waals surface area contributed by atoms with Crippen molar-refractivity contribution in [3.8, 4) is 11.3 Å². The SMILES string of the molecule is CCCN(C)C(=O)c1cn2cc(-c3ccccc3Cl)n(CC=C(C)C)c(=O)c2n1. The highest BCUT2D eigenvalue weighted by molar-refractivity contribution is 6.33. The van der Waals surface area contributed by atoms with Gasteiger partial charge in [0.1, 0.15) is 5.69 Å². The Morgan fingerprint density at radius 3 is 2.62 bits per heavy atom. The van der Waals surface area contributed by atoms with Crippen molar-refractivity contribution in [3.05, 3.63) is 69.4 Å². The summed E-state index contributed by atoms with van der Waals surface area (Å²) in [6.07, 6.45) is 6.24. The van der Waals surface area contributed by atoms with Gasteiger partial charge in [-0.15, -0.1) is 0 Å². The number of carbonyl (C=O) groups excluding carboxylic acids is 1. The second-order valence-corrected chi connectivity index (χ2v) is 7.68. The second kappa shape index (κ2) is 8.66. The monoisotopic (exact) mass is 412 g/mol. The van der Waals surface area contributed by atoms with Crippen LogP contribution in [0.2, 0.25) is 5.02 Å². The topological polar surface area (TPSA) is 59.6 Å². The first kappa shape index (κ1) is 20.9. The number of halogens is 1. The third-order valence-corrected chi connectivity index (χ3v) is 5.01. The summed E-state index contributed by atoms with van der Waals surface area (Å²) in [6.45, 7) is 6.99. The van der Waals surface area contributed by atoms with Crippen molar-refractivity contribution >= 4 is 23.2 Å². The largest absolute Gasteiger partial charge is 0.340 e. The normalized spacial score (nSPS) is 10.9. The number of benzene rings is 1. The Bertz CT molecular complexity index is 1140. The Kier molecular flexibility index (Phi) is 6.23. The number of hydrogen-bond acceptors (Lipinski definition) is 3. The van der Waals surface area contributed by atoms with E-state index in [2.05, 4.69) is 4.98 Å². The molecule has 0 aliphatic rings. The van der Waals surface area contributed by atoms with Gasteiger partial charge in [-0.2, -0.15) is 0 Å². The maximum absolute atomic E-state index is 13.3. The third kappa shape index (κ3) is 4.27. The molecule has 0 radical (unpaired) electrons. The summed E-state index contributed by atoms with van der Waals surface area (Å²) in [5.41, 5.74) is 2.72. The summed E-state index contributed by atoms with van der Waals surface area (Å²) >= 11 is 6.41. The number of carbonyl (C=O) groups is 1. The molecule has 0 unspecified atom stereocenters. The first-order valence-corrected chi connectivity index (χ1v) is 9.97. The Morgan fingerprint density at radius 1 is 1.24 bits per heavy atom. The highest BCUT2D eigenvalue weighted by Gasteiger charge is 2.19. The van der Waals surface area contributed by atoms with Crippen molar-refractivity contribution in [2.45, 2.75) is 33.7 Å². The minimum absolute atomic E-state index is 0.204. The van der Waals surface area contributed by atoms with Gasteiger partial charge in [-0.3, -0.25) is 18.6 Å². The van der Waals surface area contributed by atoms with Gasteiger partial charge in [-0.05, 0) is 26.3 Å². The molecule has 2 heterocycles. The van der Waals surface area contributed by atoms with Gasteiger partial charge in [-0.25, -0.2) is 4.98 Å². The van der Waals surface area contributed by atoms with E-state index in [4.69, 9.17) is 11.6 Å². The number of amides is 1. The molecule has 152 valence electrons. The van der Waals surface area contributed by atoms with Crippen molar-refractivity contribution in [3.63, 3.8) is 0 Å². The van der Waals surface area contributed by atoms with Crippen LogP contribution in [0.5, 0.6) is 0 Å². The average Bonchev–Trinajstić information content (AvgIpc) is 3.11. The lowest BCUT2D eigenvalue weighted by molar-refractivity contribution is 0.0790. The minimum Gasteiger partial charge on any atom is -0.340 e. The first-order valence-electron chi connectivity index (χ1n) is 9.59. The summed E-state index contributed by atoms with van der Waals surface area (Å²) in [5, 5.41) is 0.552. The molecule has 3 aromatic rings. The maximum Gasteiger partial charge on any atom is 0.295 e. The molecule has 6 nitrogen and oxygen atoms in total. The van der Waals surface area contributed by atoms with Crippen molar-refractivity contribution in [2.24, 2.45) is 0 Å². The minimum atomic E-state index is -0.267. The van der Waals surface area contributed by atoms with E-state index in [-0.39, 0.29) is 22.8 Å². The van der Waals surface area contributed by atoms with Gasteiger partial charge in [0, 0.05) is 43.1 Å². The molecule has 1 amide bonds. The molecular weight excluding hydrogens is 388 g/mol. The van der Waals surface area contributed by atoms with Crippen molar-refractivity contribution in [1.82, 2.24) is 18.9 Å². The quantitative estimate of drug-likeness (QED) is 0.568. The lowest BCUT2D eigenvalue weighted by Gasteiger charge is -2.13. The molecule has 0 aliphatic heterocycles.